The van der Waals surface area contributed by atoms with Crippen LogP contribution in [0.25, 0.3) is 10.2 Å². The molecule has 0 bridgehead atoms. The van der Waals surface area contributed by atoms with Crippen molar-refractivity contribution in [2.45, 2.75) is 38.1 Å². The van der Waals surface area contributed by atoms with Crippen molar-refractivity contribution in [3.05, 3.63) is 29.1 Å². The largest absolute Gasteiger partial charge is 0.352 e. The molecule has 1 aromatic carbocycles. The van der Waals surface area contributed by atoms with Crippen molar-refractivity contribution in [1.82, 2.24) is 9.88 Å². The van der Waals surface area contributed by atoms with Gasteiger partial charge in [-0.25, -0.2) is 8.42 Å². The first-order valence-corrected chi connectivity index (χ1v) is 11.6. The van der Waals surface area contributed by atoms with Crippen LogP contribution >= 0.6 is 11.3 Å². The van der Waals surface area contributed by atoms with Crippen LogP contribution in [0, 0.1) is 0 Å². The summed E-state index contributed by atoms with van der Waals surface area (Å²) in [5.41, 5.74) is 0.920. The fourth-order valence-corrected chi connectivity index (χ4v) is 5.34. The number of nitrogens with one attached hydrogen (secondary N) is 1. The van der Waals surface area contributed by atoms with E-state index >= 15 is 0 Å². The number of benzene rings is 1. The van der Waals surface area contributed by atoms with Gasteiger partial charge in [-0.2, -0.15) is 4.99 Å². The number of nitrogens with zero attached hydrogens (tertiary/aromatic N) is 2. The molecule has 146 valence electrons. The average molecular weight is 410 g/mol. The minimum absolute atomic E-state index is 0.0411. The van der Waals surface area contributed by atoms with Crippen molar-refractivity contribution in [1.29, 1.82) is 0 Å². The summed E-state index contributed by atoms with van der Waals surface area (Å²) in [6.45, 7) is 0. The number of fused-ring (bicyclic) bond motifs is 1. The molecule has 27 heavy (non-hydrogen) atoms. The molecule has 2 amide bonds. The second-order valence-corrected chi connectivity index (χ2v) is 9.93. The van der Waals surface area contributed by atoms with Gasteiger partial charge in [0.2, 0.25) is 5.91 Å². The molecule has 1 saturated carbocycles. The van der Waals surface area contributed by atoms with Gasteiger partial charge in [0.05, 0.1) is 10.2 Å². The average Bonchev–Trinajstić information content (AvgIpc) is 2.90. The van der Waals surface area contributed by atoms with E-state index in [0.29, 0.717) is 4.80 Å². The van der Waals surface area contributed by atoms with E-state index < -0.39 is 33.2 Å². The molecule has 2 aromatic rings. The van der Waals surface area contributed by atoms with Gasteiger partial charge in [0.1, 0.15) is 11.5 Å². The number of amides is 2. The Balaban J connectivity index is 1.64. The number of carbonyl (C=O) groups is 2. The van der Waals surface area contributed by atoms with Crippen LogP contribution < -0.4 is 10.1 Å². The van der Waals surface area contributed by atoms with Gasteiger partial charge in [0.25, 0.3) is 5.91 Å². The molecule has 1 aliphatic rings. The molecule has 1 fully saturated rings. The van der Waals surface area contributed by atoms with E-state index in [9.17, 15) is 18.0 Å². The maximum atomic E-state index is 12.2. The van der Waals surface area contributed by atoms with E-state index in [1.807, 2.05) is 24.3 Å². The summed E-state index contributed by atoms with van der Waals surface area (Å²) in [6, 6.07) is 7.63. The van der Waals surface area contributed by atoms with Crippen molar-refractivity contribution >= 4 is 43.2 Å². The molecule has 1 N–H and O–H groups in total. The minimum atomic E-state index is -3.85. The van der Waals surface area contributed by atoms with Crippen LogP contribution in [-0.4, -0.2) is 42.3 Å². The van der Waals surface area contributed by atoms with E-state index in [0.717, 1.165) is 42.3 Å². The highest BCUT2D eigenvalue weighted by Gasteiger charge is 2.23. The zero-order chi connectivity index (χ0) is 19.4. The van der Waals surface area contributed by atoms with Crippen molar-refractivity contribution in [3.8, 4) is 0 Å². The number of sulfone groups is 1. The van der Waals surface area contributed by atoms with Gasteiger partial charge in [0, 0.05) is 13.1 Å². The van der Waals surface area contributed by atoms with Gasteiger partial charge in [-0.1, -0.05) is 42.7 Å². The lowest BCUT2D eigenvalue weighted by atomic mass is 9.95. The van der Waals surface area contributed by atoms with Crippen molar-refractivity contribution in [3.63, 3.8) is 0 Å². The zero-order valence-electron chi connectivity index (χ0n) is 15.2. The Bertz CT molecular complexity index is 1010. The van der Waals surface area contributed by atoms with Crippen LogP contribution in [0.4, 0.5) is 0 Å². The number of rotatable bonds is 5. The van der Waals surface area contributed by atoms with Crippen LogP contribution in [-0.2, 0) is 26.5 Å². The molecule has 1 aromatic heterocycles. The summed E-state index contributed by atoms with van der Waals surface area (Å²) < 4.78 is 27.1. The van der Waals surface area contributed by atoms with Crippen LogP contribution in [0.3, 0.4) is 0 Å². The first-order chi connectivity index (χ1) is 12.8. The first kappa shape index (κ1) is 19.8. The summed E-state index contributed by atoms with van der Waals surface area (Å²) in [5, 5.41) is 2.76. The smallest absolute Gasteiger partial charge is 0.263 e. The quantitative estimate of drug-likeness (QED) is 0.810. The number of carbonyl (C=O) groups excluding carboxylic acids is 2. The fraction of sp³-hybridized carbons (Fsp3) is 0.500. The van der Waals surface area contributed by atoms with Crippen LogP contribution in [0.2, 0.25) is 0 Å². The van der Waals surface area contributed by atoms with Gasteiger partial charge in [-0.05, 0) is 25.0 Å². The Labute approximate surface area is 162 Å². The molecule has 1 aliphatic carbocycles. The maximum Gasteiger partial charge on any atom is 0.263 e. The highest BCUT2D eigenvalue weighted by Crippen LogP contribution is 2.17. The number of hydrogen-bond acceptors (Lipinski definition) is 5. The van der Waals surface area contributed by atoms with Gasteiger partial charge < -0.3 is 9.88 Å². The lowest BCUT2D eigenvalue weighted by Gasteiger charge is -2.22. The number of aryl methyl sites for hydroxylation is 1. The second-order valence-electron chi connectivity index (χ2n) is 6.85. The molecule has 7 nitrogen and oxygen atoms in total. The van der Waals surface area contributed by atoms with Crippen molar-refractivity contribution in [2.24, 2.45) is 12.0 Å². The summed E-state index contributed by atoms with van der Waals surface area (Å²) >= 11 is 1.32. The van der Waals surface area contributed by atoms with Crippen LogP contribution in [0.1, 0.15) is 32.1 Å². The second kappa shape index (κ2) is 8.35. The molecule has 3 rings (SSSR count). The Kier molecular flexibility index (Phi) is 6.11. The molecular formula is C18H23N3O4S2. The summed E-state index contributed by atoms with van der Waals surface area (Å²) in [7, 11) is -2.08. The maximum absolute atomic E-state index is 12.2. The molecular weight excluding hydrogens is 386 g/mol. The molecule has 0 spiro atoms. The molecule has 0 unspecified atom stereocenters. The molecule has 0 saturated heterocycles. The molecule has 0 aliphatic heterocycles. The van der Waals surface area contributed by atoms with E-state index in [1.165, 1.54) is 11.3 Å². The lowest BCUT2D eigenvalue weighted by molar-refractivity contribution is -0.119. The number of para-hydroxylation sites is 1. The minimum Gasteiger partial charge on any atom is -0.352 e. The molecule has 1 heterocycles. The van der Waals surface area contributed by atoms with E-state index in [-0.39, 0.29) is 6.04 Å². The summed E-state index contributed by atoms with van der Waals surface area (Å²) in [6.07, 6.45) is 4.99. The van der Waals surface area contributed by atoms with E-state index in [2.05, 4.69) is 10.3 Å². The third-order valence-electron chi connectivity index (χ3n) is 4.60. The Morgan fingerprint density at radius 2 is 1.89 bits per heavy atom. The highest BCUT2D eigenvalue weighted by atomic mass is 32.2. The predicted molar refractivity (Wildman–Crippen MR) is 105 cm³/mol. The Morgan fingerprint density at radius 3 is 2.59 bits per heavy atom. The third-order valence-corrected chi connectivity index (χ3v) is 7.10. The topological polar surface area (TPSA) is 97.6 Å². The number of aromatic nitrogens is 1. The Morgan fingerprint density at radius 1 is 1.19 bits per heavy atom. The highest BCUT2D eigenvalue weighted by molar-refractivity contribution is 7.92. The SMILES string of the molecule is Cn1c(=NC(=O)CS(=O)(=O)CC(=O)NC2CCCCC2)sc2ccccc21. The van der Waals surface area contributed by atoms with Gasteiger partial charge in [0.15, 0.2) is 14.6 Å². The van der Waals surface area contributed by atoms with Gasteiger partial charge in [-0.3, -0.25) is 9.59 Å². The van der Waals surface area contributed by atoms with Crippen molar-refractivity contribution < 1.29 is 18.0 Å². The zero-order valence-corrected chi connectivity index (χ0v) is 16.8. The van der Waals surface area contributed by atoms with Gasteiger partial charge >= 0.3 is 0 Å². The molecule has 9 heteroatoms. The first-order valence-electron chi connectivity index (χ1n) is 8.96. The Hall–Kier alpha value is -2.00. The standard InChI is InChI=1S/C18H23N3O4S2/c1-21-14-9-5-6-10-15(14)26-18(21)20-17(23)12-27(24,25)11-16(22)19-13-7-3-2-4-8-13/h5-6,9-10,13H,2-4,7-8,11-12H2,1H3,(H,19,22). The van der Waals surface area contributed by atoms with Crippen LogP contribution in [0.5, 0.6) is 0 Å². The van der Waals surface area contributed by atoms with Crippen LogP contribution in [0.15, 0.2) is 29.3 Å². The van der Waals surface area contributed by atoms with E-state index in [4.69, 9.17) is 0 Å². The summed E-state index contributed by atoms with van der Waals surface area (Å²) in [4.78, 5) is 28.5. The number of thiazole rings is 1. The predicted octanol–water partition coefficient (Wildman–Crippen LogP) is 1.53. The van der Waals surface area contributed by atoms with E-state index in [1.54, 1.807) is 11.6 Å². The normalized spacial score (nSPS) is 16.6. The molecule has 0 radical (unpaired) electrons. The summed E-state index contributed by atoms with van der Waals surface area (Å²) in [5.74, 6) is -2.74. The third kappa shape index (κ3) is 5.26. The van der Waals surface area contributed by atoms with Gasteiger partial charge in [-0.15, -0.1) is 0 Å². The van der Waals surface area contributed by atoms with Crippen molar-refractivity contribution in [2.75, 3.05) is 11.5 Å². The fourth-order valence-electron chi connectivity index (χ4n) is 3.28. The lowest BCUT2D eigenvalue weighted by Crippen LogP contribution is -2.40. The number of hydrogen-bond donors (Lipinski definition) is 1. The monoisotopic (exact) mass is 409 g/mol. The molecule has 0 atom stereocenters.